The Bertz CT molecular complexity index is 1050. The Morgan fingerprint density at radius 1 is 1.28 bits per heavy atom. The molecule has 132 valence electrons. The van der Waals surface area contributed by atoms with Gasteiger partial charge in [0.05, 0.1) is 16.3 Å². The molecule has 2 heterocycles. The third-order valence-electron chi connectivity index (χ3n) is 3.36. The first-order valence-corrected chi connectivity index (χ1v) is 8.71. The van der Waals surface area contributed by atoms with E-state index in [4.69, 9.17) is 23.2 Å². The van der Waals surface area contributed by atoms with Gasteiger partial charge >= 0.3 is 6.18 Å². The highest BCUT2D eigenvalue weighted by atomic mass is 35.5. The van der Waals surface area contributed by atoms with E-state index in [-0.39, 0.29) is 31.9 Å². The maximum Gasteiger partial charge on any atom is 0.418 e. The summed E-state index contributed by atoms with van der Waals surface area (Å²) in [6, 6.07) is 1.94. The number of alkyl halides is 3. The van der Waals surface area contributed by atoms with Gasteiger partial charge < -0.3 is 4.98 Å². The number of nitrogens with one attached hydrogen (secondary N) is 1. The zero-order valence-corrected chi connectivity index (χ0v) is 15.0. The van der Waals surface area contributed by atoms with Crippen LogP contribution in [0.5, 0.6) is 0 Å². The van der Waals surface area contributed by atoms with Crippen molar-refractivity contribution < 1.29 is 13.2 Å². The van der Waals surface area contributed by atoms with Gasteiger partial charge in [-0.05, 0) is 25.3 Å². The van der Waals surface area contributed by atoms with E-state index in [2.05, 4.69) is 15.1 Å². The van der Waals surface area contributed by atoms with Crippen molar-refractivity contribution in [3.05, 3.63) is 43.9 Å². The molecule has 2 aromatic heterocycles. The third kappa shape index (κ3) is 3.11. The highest BCUT2D eigenvalue weighted by Gasteiger charge is 2.37. The van der Waals surface area contributed by atoms with Crippen molar-refractivity contribution in [1.29, 1.82) is 0 Å². The fourth-order valence-corrected chi connectivity index (χ4v) is 3.53. The summed E-state index contributed by atoms with van der Waals surface area (Å²) in [5.41, 5.74) is -2.00. The molecule has 0 saturated carbocycles. The maximum absolute atomic E-state index is 13.5. The van der Waals surface area contributed by atoms with Crippen LogP contribution in [0.4, 0.5) is 13.2 Å². The fraction of sp³-hybridized carbons (Fsp3) is 0.214. The number of aromatic nitrogens is 4. The van der Waals surface area contributed by atoms with E-state index >= 15 is 0 Å². The minimum atomic E-state index is -4.72. The molecular weight excluding hydrogens is 400 g/mol. The van der Waals surface area contributed by atoms with Crippen molar-refractivity contribution in [2.24, 2.45) is 0 Å². The first kappa shape index (κ1) is 18.1. The second-order valence-electron chi connectivity index (χ2n) is 5.05. The topological polar surface area (TPSA) is 63.6 Å². The lowest BCUT2D eigenvalue weighted by molar-refractivity contribution is -0.137. The van der Waals surface area contributed by atoms with Crippen LogP contribution in [0, 0.1) is 6.92 Å². The minimum absolute atomic E-state index is 0.0136. The zero-order chi connectivity index (χ0) is 18.5. The van der Waals surface area contributed by atoms with Gasteiger partial charge in [-0.2, -0.15) is 18.3 Å². The number of aromatic amines is 1. The average Bonchev–Trinajstić information content (AvgIpc) is 2.84. The molecule has 0 unspecified atom stereocenters. The molecule has 1 aromatic carbocycles. The van der Waals surface area contributed by atoms with Crippen LogP contribution in [0.3, 0.4) is 0 Å². The third-order valence-corrected chi connectivity index (χ3v) is 4.54. The molecule has 0 saturated heterocycles. The van der Waals surface area contributed by atoms with Crippen molar-refractivity contribution in [3.63, 3.8) is 0 Å². The van der Waals surface area contributed by atoms with E-state index in [1.807, 2.05) is 0 Å². The summed E-state index contributed by atoms with van der Waals surface area (Å²) in [6.07, 6.45) is -3.07. The summed E-state index contributed by atoms with van der Waals surface area (Å²) in [6.45, 7) is 1.52. The summed E-state index contributed by atoms with van der Waals surface area (Å²) >= 11 is 12.9. The first-order chi connectivity index (χ1) is 11.6. The molecule has 3 aromatic rings. The van der Waals surface area contributed by atoms with Gasteiger partial charge in [-0.3, -0.25) is 4.79 Å². The molecule has 3 rings (SSSR count). The lowest BCUT2D eigenvalue weighted by Crippen LogP contribution is -2.14. The van der Waals surface area contributed by atoms with E-state index in [0.29, 0.717) is 0 Å². The summed E-state index contributed by atoms with van der Waals surface area (Å²) < 4.78 is 41.4. The summed E-state index contributed by atoms with van der Waals surface area (Å²) in [5.74, 6) is 0.241. The molecular formula is C14H9Cl2F3N4OS. The number of thioether (sulfide) groups is 1. The van der Waals surface area contributed by atoms with Crippen LogP contribution in [-0.2, 0) is 6.18 Å². The Hall–Kier alpha value is -1.71. The molecule has 0 atom stereocenters. The van der Waals surface area contributed by atoms with Gasteiger partial charge in [0.1, 0.15) is 16.2 Å². The average molecular weight is 409 g/mol. The van der Waals surface area contributed by atoms with Crippen LogP contribution in [0.2, 0.25) is 10.0 Å². The Morgan fingerprint density at radius 3 is 2.56 bits per heavy atom. The highest BCUT2D eigenvalue weighted by Crippen LogP contribution is 2.40. The van der Waals surface area contributed by atoms with Crippen LogP contribution in [0.25, 0.3) is 16.7 Å². The summed E-state index contributed by atoms with van der Waals surface area (Å²) in [5, 5.41) is 4.03. The second-order valence-corrected chi connectivity index (χ2v) is 6.69. The van der Waals surface area contributed by atoms with E-state index in [9.17, 15) is 18.0 Å². The molecule has 0 spiro atoms. The quantitative estimate of drug-likeness (QED) is 0.635. The van der Waals surface area contributed by atoms with Gasteiger partial charge in [-0.1, -0.05) is 23.2 Å². The standard InChI is InChI=1S/C14H9Cl2F3N4OS/c1-5-20-11-9(12(24)21-5)13(25-2)22-23(11)10-7(14(17,18)19)3-6(15)4-8(10)16/h3-4H,1-2H3,(H,20,21,24). The normalized spacial score (nSPS) is 12.1. The number of halogens is 5. The SMILES string of the molecule is CSc1nn(-c2c(Cl)cc(Cl)cc2C(F)(F)F)c2nc(C)[nH]c(=O)c12. The highest BCUT2D eigenvalue weighted by molar-refractivity contribution is 7.98. The number of H-pyrrole nitrogens is 1. The molecule has 11 heteroatoms. The van der Waals surface area contributed by atoms with Gasteiger partial charge in [0.25, 0.3) is 5.56 Å². The lowest BCUT2D eigenvalue weighted by Gasteiger charge is -2.15. The number of benzene rings is 1. The van der Waals surface area contributed by atoms with Crippen LogP contribution in [0.1, 0.15) is 11.4 Å². The van der Waals surface area contributed by atoms with Crippen molar-refractivity contribution in [2.75, 3.05) is 6.26 Å². The number of fused-ring (bicyclic) bond motifs is 1. The molecule has 0 aliphatic rings. The van der Waals surface area contributed by atoms with Gasteiger partial charge in [0.2, 0.25) is 0 Å². The minimum Gasteiger partial charge on any atom is -0.310 e. The van der Waals surface area contributed by atoms with Crippen LogP contribution in [0.15, 0.2) is 22.0 Å². The molecule has 5 nitrogen and oxygen atoms in total. The maximum atomic E-state index is 13.5. The van der Waals surface area contributed by atoms with Crippen molar-refractivity contribution >= 4 is 46.0 Å². The molecule has 0 bridgehead atoms. The smallest absolute Gasteiger partial charge is 0.310 e. The molecule has 0 amide bonds. The number of aryl methyl sites for hydroxylation is 1. The number of hydrogen-bond donors (Lipinski definition) is 1. The zero-order valence-electron chi connectivity index (χ0n) is 12.7. The second kappa shape index (κ2) is 6.22. The Kier molecular flexibility index (Phi) is 4.50. The monoisotopic (exact) mass is 408 g/mol. The van der Waals surface area contributed by atoms with Gasteiger partial charge in [0.15, 0.2) is 5.65 Å². The number of nitrogens with zero attached hydrogens (tertiary/aromatic N) is 3. The molecule has 0 aliphatic heterocycles. The van der Waals surface area contributed by atoms with E-state index < -0.39 is 23.0 Å². The van der Waals surface area contributed by atoms with Gasteiger partial charge in [-0.25, -0.2) is 9.67 Å². The Balaban J connectivity index is 2.49. The van der Waals surface area contributed by atoms with Gasteiger partial charge in [0, 0.05) is 5.02 Å². The predicted molar refractivity (Wildman–Crippen MR) is 91.0 cm³/mol. The van der Waals surface area contributed by atoms with E-state index in [0.717, 1.165) is 22.5 Å². The predicted octanol–water partition coefficient (Wildman–Crippen LogP) is 4.46. The van der Waals surface area contributed by atoms with Crippen LogP contribution >= 0.6 is 35.0 Å². The lowest BCUT2D eigenvalue weighted by atomic mass is 10.1. The molecule has 0 fully saturated rings. The first-order valence-electron chi connectivity index (χ1n) is 6.73. The summed E-state index contributed by atoms with van der Waals surface area (Å²) in [7, 11) is 0. The van der Waals surface area contributed by atoms with E-state index in [1.165, 1.54) is 13.0 Å². The molecule has 25 heavy (non-hydrogen) atoms. The molecule has 1 N–H and O–H groups in total. The van der Waals surface area contributed by atoms with Crippen molar-refractivity contribution in [3.8, 4) is 5.69 Å². The Morgan fingerprint density at radius 2 is 1.96 bits per heavy atom. The summed E-state index contributed by atoms with van der Waals surface area (Å²) in [4.78, 5) is 18.9. The molecule has 0 aliphatic carbocycles. The van der Waals surface area contributed by atoms with Crippen LogP contribution < -0.4 is 5.56 Å². The molecule has 0 radical (unpaired) electrons. The van der Waals surface area contributed by atoms with Crippen molar-refractivity contribution in [1.82, 2.24) is 19.7 Å². The Labute approximate surface area is 153 Å². The number of rotatable bonds is 2. The van der Waals surface area contributed by atoms with E-state index in [1.54, 1.807) is 6.26 Å². The fourth-order valence-electron chi connectivity index (χ4n) is 2.40. The van der Waals surface area contributed by atoms with Crippen molar-refractivity contribution in [2.45, 2.75) is 18.1 Å². The largest absolute Gasteiger partial charge is 0.418 e. The van der Waals surface area contributed by atoms with Crippen LogP contribution in [-0.4, -0.2) is 26.0 Å². The van der Waals surface area contributed by atoms with Gasteiger partial charge in [-0.15, -0.1) is 11.8 Å². The number of hydrogen-bond acceptors (Lipinski definition) is 4.